The van der Waals surface area contributed by atoms with Crippen molar-refractivity contribution in [2.75, 3.05) is 0 Å². The largest absolute Gasteiger partial charge is 0.358 e. The second-order valence-electron chi connectivity index (χ2n) is 5.85. The van der Waals surface area contributed by atoms with Gasteiger partial charge in [0.15, 0.2) is 0 Å². The van der Waals surface area contributed by atoms with Crippen LogP contribution in [-0.2, 0) is 6.42 Å². The van der Waals surface area contributed by atoms with Crippen molar-refractivity contribution in [2.45, 2.75) is 53.4 Å². The van der Waals surface area contributed by atoms with Crippen LogP contribution in [-0.4, -0.2) is 4.98 Å². The van der Waals surface area contributed by atoms with Crippen LogP contribution in [0.2, 0.25) is 0 Å². The molecule has 1 atom stereocenters. The van der Waals surface area contributed by atoms with Gasteiger partial charge in [0.2, 0.25) is 0 Å². The number of hydrogen-bond acceptors (Lipinski definition) is 0. The third-order valence-corrected chi connectivity index (χ3v) is 4.05. The van der Waals surface area contributed by atoms with Crippen molar-refractivity contribution in [3.05, 3.63) is 35.0 Å². The molecule has 0 bridgehead atoms. The molecule has 1 aromatic heterocycles. The van der Waals surface area contributed by atoms with Crippen LogP contribution in [0.15, 0.2) is 18.2 Å². The van der Waals surface area contributed by atoms with E-state index in [-0.39, 0.29) is 0 Å². The number of fused-ring (bicyclic) bond motifs is 1. The lowest BCUT2D eigenvalue weighted by molar-refractivity contribution is 0.522. The van der Waals surface area contributed by atoms with Gasteiger partial charge in [-0.15, -0.1) is 0 Å². The number of aryl methyl sites for hydroxylation is 2. The Kier molecular flexibility index (Phi) is 3.79. The van der Waals surface area contributed by atoms with Gasteiger partial charge in [0.05, 0.1) is 0 Å². The highest BCUT2D eigenvalue weighted by Crippen LogP contribution is 2.32. The molecule has 2 aromatic rings. The molecule has 0 saturated heterocycles. The van der Waals surface area contributed by atoms with Gasteiger partial charge in [-0.25, -0.2) is 0 Å². The summed E-state index contributed by atoms with van der Waals surface area (Å²) in [5.41, 5.74) is 5.64. The Balaban J connectivity index is 2.61. The van der Waals surface area contributed by atoms with Crippen LogP contribution in [0.5, 0.6) is 0 Å². The highest BCUT2D eigenvalue weighted by molar-refractivity contribution is 5.85. The minimum atomic E-state index is 0.597. The lowest BCUT2D eigenvalue weighted by Crippen LogP contribution is -2.05. The summed E-state index contributed by atoms with van der Waals surface area (Å²) in [4.78, 5) is 3.66. The molecule has 1 N–H and O–H groups in total. The number of rotatable bonds is 4. The molecule has 0 fully saturated rings. The summed E-state index contributed by atoms with van der Waals surface area (Å²) in [5, 5.41) is 1.43. The smallest absolute Gasteiger partial charge is 0.0459 e. The minimum Gasteiger partial charge on any atom is -0.358 e. The Morgan fingerprint density at radius 3 is 2.50 bits per heavy atom. The van der Waals surface area contributed by atoms with Gasteiger partial charge in [-0.3, -0.25) is 0 Å². The third-order valence-electron chi connectivity index (χ3n) is 4.05. The number of hydrogen-bond donors (Lipinski definition) is 1. The van der Waals surface area contributed by atoms with Crippen LogP contribution in [0.1, 0.15) is 56.9 Å². The number of aromatic amines is 1. The van der Waals surface area contributed by atoms with Crippen LogP contribution in [0, 0.1) is 12.8 Å². The predicted octanol–water partition coefficient (Wildman–Crippen LogP) is 5.19. The number of H-pyrrole nitrogens is 1. The monoisotopic (exact) mass is 243 g/mol. The van der Waals surface area contributed by atoms with Crippen LogP contribution in [0.3, 0.4) is 0 Å². The first-order chi connectivity index (χ1) is 8.54. The van der Waals surface area contributed by atoms with Crippen molar-refractivity contribution in [3.63, 3.8) is 0 Å². The molecule has 0 amide bonds. The zero-order valence-electron chi connectivity index (χ0n) is 12.3. The van der Waals surface area contributed by atoms with E-state index >= 15 is 0 Å². The molecule has 1 heteroatoms. The number of nitrogens with one attached hydrogen (secondary N) is 1. The van der Waals surface area contributed by atoms with E-state index in [2.05, 4.69) is 57.8 Å². The molecule has 1 unspecified atom stereocenters. The van der Waals surface area contributed by atoms with Crippen LogP contribution in [0.4, 0.5) is 0 Å². The SMILES string of the molecule is CCCc1c(C(C)C(C)C)[nH]c2ccc(C)cc12. The van der Waals surface area contributed by atoms with E-state index in [1.165, 1.54) is 40.6 Å². The number of benzene rings is 1. The van der Waals surface area contributed by atoms with Gasteiger partial charge in [0.25, 0.3) is 0 Å². The van der Waals surface area contributed by atoms with Gasteiger partial charge in [-0.1, -0.05) is 45.7 Å². The molecule has 0 aliphatic rings. The van der Waals surface area contributed by atoms with E-state index in [1.807, 2.05) is 0 Å². The Bertz CT molecular complexity index is 534. The fourth-order valence-corrected chi connectivity index (χ4v) is 2.62. The van der Waals surface area contributed by atoms with Gasteiger partial charge in [-0.05, 0) is 42.9 Å². The van der Waals surface area contributed by atoms with Gasteiger partial charge in [0.1, 0.15) is 0 Å². The van der Waals surface area contributed by atoms with Crippen LogP contribution in [0.25, 0.3) is 10.9 Å². The Morgan fingerprint density at radius 2 is 1.89 bits per heavy atom. The molecule has 0 aliphatic carbocycles. The molecule has 0 spiro atoms. The van der Waals surface area contributed by atoms with Crippen molar-refractivity contribution in [2.24, 2.45) is 5.92 Å². The molecule has 18 heavy (non-hydrogen) atoms. The van der Waals surface area contributed by atoms with Gasteiger partial charge >= 0.3 is 0 Å². The van der Waals surface area contributed by atoms with Gasteiger partial charge in [-0.2, -0.15) is 0 Å². The lowest BCUT2D eigenvalue weighted by atomic mass is 9.90. The van der Waals surface area contributed by atoms with E-state index in [0.29, 0.717) is 11.8 Å². The van der Waals surface area contributed by atoms with Crippen molar-refractivity contribution in [1.29, 1.82) is 0 Å². The van der Waals surface area contributed by atoms with Crippen molar-refractivity contribution in [3.8, 4) is 0 Å². The van der Waals surface area contributed by atoms with Crippen molar-refractivity contribution < 1.29 is 0 Å². The second kappa shape index (κ2) is 5.17. The molecular formula is C17H25N. The molecule has 0 radical (unpaired) electrons. The summed E-state index contributed by atoms with van der Waals surface area (Å²) in [6.45, 7) is 11.4. The lowest BCUT2D eigenvalue weighted by Gasteiger charge is -2.16. The van der Waals surface area contributed by atoms with Crippen molar-refractivity contribution >= 4 is 10.9 Å². The Morgan fingerprint density at radius 1 is 1.17 bits per heavy atom. The maximum Gasteiger partial charge on any atom is 0.0459 e. The average molecular weight is 243 g/mol. The maximum atomic E-state index is 3.66. The van der Waals surface area contributed by atoms with E-state index < -0.39 is 0 Å². The van der Waals surface area contributed by atoms with E-state index in [1.54, 1.807) is 0 Å². The normalized spacial score (nSPS) is 13.4. The third kappa shape index (κ3) is 2.31. The van der Waals surface area contributed by atoms with E-state index in [9.17, 15) is 0 Å². The zero-order valence-corrected chi connectivity index (χ0v) is 12.3. The summed E-state index contributed by atoms with van der Waals surface area (Å²) < 4.78 is 0. The molecule has 0 aliphatic heterocycles. The zero-order chi connectivity index (χ0) is 13.3. The predicted molar refractivity (Wildman–Crippen MR) is 80.3 cm³/mol. The molecule has 1 heterocycles. The molecule has 0 saturated carbocycles. The van der Waals surface area contributed by atoms with Gasteiger partial charge < -0.3 is 4.98 Å². The maximum absolute atomic E-state index is 3.66. The average Bonchev–Trinajstić information content (AvgIpc) is 2.67. The Hall–Kier alpha value is -1.24. The molecule has 1 nitrogen and oxygen atoms in total. The first-order valence-electron chi connectivity index (χ1n) is 7.15. The minimum absolute atomic E-state index is 0.597. The van der Waals surface area contributed by atoms with E-state index in [0.717, 1.165) is 0 Å². The quantitative estimate of drug-likeness (QED) is 0.760. The highest BCUT2D eigenvalue weighted by Gasteiger charge is 2.18. The van der Waals surface area contributed by atoms with Crippen molar-refractivity contribution in [1.82, 2.24) is 4.98 Å². The first kappa shape index (κ1) is 13.2. The molecular weight excluding hydrogens is 218 g/mol. The van der Waals surface area contributed by atoms with Crippen LogP contribution < -0.4 is 0 Å². The Labute approximate surface area is 111 Å². The number of aromatic nitrogens is 1. The summed E-state index contributed by atoms with van der Waals surface area (Å²) >= 11 is 0. The summed E-state index contributed by atoms with van der Waals surface area (Å²) in [7, 11) is 0. The molecule has 98 valence electrons. The van der Waals surface area contributed by atoms with Crippen LogP contribution >= 0.6 is 0 Å². The van der Waals surface area contributed by atoms with Gasteiger partial charge in [0, 0.05) is 16.6 Å². The molecule has 2 rings (SSSR count). The summed E-state index contributed by atoms with van der Waals surface area (Å²) in [5.74, 6) is 1.27. The topological polar surface area (TPSA) is 15.8 Å². The molecule has 1 aromatic carbocycles. The standard InChI is InChI=1S/C17H25N/c1-6-7-14-15-10-12(4)8-9-16(15)18-17(14)13(5)11(2)3/h8-11,13,18H,6-7H2,1-5H3. The second-order valence-corrected chi connectivity index (χ2v) is 5.85. The first-order valence-corrected chi connectivity index (χ1v) is 7.15. The van der Waals surface area contributed by atoms with E-state index in [4.69, 9.17) is 0 Å². The fraction of sp³-hybridized carbons (Fsp3) is 0.529. The fourth-order valence-electron chi connectivity index (χ4n) is 2.62. The highest BCUT2D eigenvalue weighted by atomic mass is 14.7. The summed E-state index contributed by atoms with van der Waals surface area (Å²) in [6, 6.07) is 6.74. The summed E-state index contributed by atoms with van der Waals surface area (Å²) in [6.07, 6.45) is 2.38.